The molecule has 0 unspecified atom stereocenters. The first-order valence-electron chi connectivity index (χ1n) is 10.3. The van der Waals surface area contributed by atoms with Crippen molar-refractivity contribution >= 4 is 21.7 Å². The average Bonchev–Trinajstić information content (AvgIpc) is 3.44. The van der Waals surface area contributed by atoms with E-state index in [1.54, 1.807) is 0 Å². The number of rotatable bonds is 4. The molecule has 0 amide bonds. The van der Waals surface area contributed by atoms with E-state index in [1.807, 2.05) is 0 Å². The zero-order valence-electron chi connectivity index (χ0n) is 18.0. The summed E-state index contributed by atoms with van der Waals surface area (Å²) in [6.07, 6.45) is 12.5. The Morgan fingerprint density at radius 3 is 2.35 bits per heavy atom. The summed E-state index contributed by atoms with van der Waals surface area (Å²) >= 11 is 0. The van der Waals surface area contributed by atoms with Gasteiger partial charge in [-0.05, 0) is 24.7 Å². The zero-order valence-corrected chi connectivity index (χ0v) is 23.1. The molecule has 4 heteroatoms. The van der Waals surface area contributed by atoms with Gasteiger partial charge < -0.3 is 29.4 Å². The average molecular weight is 615 g/mol. The molecule has 0 saturated heterocycles. The van der Waals surface area contributed by atoms with Crippen molar-refractivity contribution in [2.75, 3.05) is 0 Å². The van der Waals surface area contributed by atoms with E-state index in [0.29, 0.717) is 0 Å². The third-order valence-corrected chi connectivity index (χ3v) is 5.32. The fourth-order valence-corrected chi connectivity index (χ4v) is 3.89. The van der Waals surface area contributed by atoms with Crippen LogP contribution in [0.4, 0.5) is 0 Å². The number of benzene rings is 2. The van der Waals surface area contributed by atoms with Crippen LogP contribution in [0.1, 0.15) is 38.3 Å². The summed E-state index contributed by atoms with van der Waals surface area (Å²) < 4.78 is 2.33. The summed E-state index contributed by atoms with van der Waals surface area (Å²) in [6, 6.07) is 23.8. The smallest absolute Gasteiger partial charge is 1.00 e. The number of allylic oxidation sites excluding steroid dienone is 4. The second-order valence-electron chi connectivity index (χ2n) is 7.43. The number of nitrogens with zero attached hydrogens (tertiary/aromatic N) is 1. The third-order valence-electron chi connectivity index (χ3n) is 5.32. The molecule has 0 aliphatic heterocycles. The standard InChI is InChI=1S/C18H14N.C9H13.2ClH.Hf/c1-13-10-16-8-4-5-9-18(16)19(13)17-11-14-6-2-3-7-15(14)12-17;1-2-3-6-9-7-4-5-8-9;;;/h2-12H,1H3;4,7H,2-3,5-6H2,1H3;2*1H;/q2*-1;;;+4/p-2. The zero-order chi connectivity index (χ0) is 19.3. The first-order chi connectivity index (χ1) is 13.8. The van der Waals surface area contributed by atoms with Gasteiger partial charge >= 0.3 is 25.8 Å². The van der Waals surface area contributed by atoms with Crippen molar-refractivity contribution in [3.05, 3.63) is 96.2 Å². The third kappa shape index (κ3) is 6.51. The van der Waals surface area contributed by atoms with Crippen LogP contribution in [0, 0.1) is 13.0 Å². The van der Waals surface area contributed by atoms with Gasteiger partial charge in [-0.1, -0.05) is 50.5 Å². The molecule has 1 aromatic heterocycles. The van der Waals surface area contributed by atoms with Crippen molar-refractivity contribution in [2.24, 2.45) is 0 Å². The molecule has 0 fully saturated rings. The van der Waals surface area contributed by atoms with Gasteiger partial charge in [-0.3, -0.25) is 6.08 Å². The topological polar surface area (TPSA) is 4.93 Å². The first-order valence-corrected chi connectivity index (χ1v) is 10.3. The predicted molar refractivity (Wildman–Crippen MR) is 121 cm³/mol. The minimum atomic E-state index is 0. The second kappa shape index (κ2) is 13.2. The summed E-state index contributed by atoms with van der Waals surface area (Å²) in [7, 11) is 0. The Morgan fingerprint density at radius 1 is 0.968 bits per heavy atom. The number of hydrogen-bond donors (Lipinski definition) is 0. The number of para-hydroxylation sites is 1. The van der Waals surface area contributed by atoms with Gasteiger partial charge in [-0.25, -0.2) is 11.6 Å². The van der Waals surface area contributed by atoms with E-state index >= 15 is 0 Å². The molecule has 1 nitrogen and oxygen atoms in total. The van der Waals surface area contributed by atoms with E-state index in [-0.39, 0.29) is 50.7 Å². The molecule has 0 spiro atoms. The summed E-state index contributed by atoms with van der Waals surface area (Å²) in [5.41, 5.74) is 5.21. The van der Waals surface area contributed by atoms with Gasteiger partial charge in [-0.15, -0.1) is 47.5 Å². The molecule has 0 radical (unpaired) electrons. The predicted octanol–water partition coefficient (Wildman–Crippen LogP) is 1.68. The molecule has 1 heterocycles. The van der Waals surface area contributed by atoms with Crippen LogP contribution in [0.5, 0.6) is 0 Å². The Bertz CT molecular complexity index is 1120. The number of unbranched alkanes of at least 4 members (excludes halogenated alkanes) is 1. The van der Waals surface area contributed by atoms with E-state index in [2.05, 4.69) is 103 Å². The summed E-state index contributed by atoms with van der Waals surface area (Å²) in [4.78, 5) is 0. The molecule has 5 rings (SSSR count). The van der Waals surface area contributed by atoms with Crippen molar-refractivity contribution in [3.8, 4) is 5.69 Å². The summed E-state index contributed by atoms with van der Waals surface area (Å²) in [5.74, 6) is 0. The van der Waals surface area contributed by atoms with Crippen LogP contribution >= 0.6 is 0 Å². The van der Waals surface area contributed by atoms with E-state index in [4.69, 9.17) is 0 Å². The van der Waals surface area contributed by atoms with Gasteiger partial charge in [0.1, 0.15) is 0 Å². The Labute approximate surface area is 217 Å². The van der Waals surface area contributed by atoms with Crippen LogP contribution < -0.4 is 24.8 Å². The van der Waals surface area contributed by atoms with Crippen LogP contribution in [-0.2, 0) is 25.8 Å². The minimum absolute atomic E-state index is 0. The normalized spacial score (nSPS) is 11.7. The quantitative estimate of drug-likeness (QED) is 0.244. The Morgan fingerprint density at radius 2 is 1.68 bits per heavy atom. The SMILES string of the molecule is CCCCC1=[C-]CC=C1.Cc1cc2ccccc2n1-c1cc2ccccc2[cH-]1.[Cl-].[Cl-].[Hf+4]. The molecular weight excluding hydrogens is 588 g/mol. The van der Waals surface area contributed by atoms with Crippen molar-refractivity contribution in [1.29, 1.82) is 0 Å². The van der Waals surface area contributed by atoms with Crippen LogP contribution in [0.2, 0.25) is 0 Å². The Balaban J connectivity index is 0.000000348. The van der Waals surface area contributed by atoms with Crippen LogP contribution in [-0.4, -0.2) is 4.57 Å². The maximum absolute atomic E-state index is 3.30. The van der Waals surface area contributed by atoms with E-state index < -0.39 is 0 Å². The molecule has 3 aromatic carbocycles. The largest absolute Gasteiger partial charge is 4.00 e. The molecule has 158 valence electrons. The fraction of sp³-hybridized carbons (Fsp3) is 0.222. The maximum atomic E-state index is 3.30. The minimum Gasteiger partial charge on any atom is -1.00 e. The molecule has 31 heavy (non-hydrogen) atoms. The van der Waals surface area contributed by atoms with Gasteiger partial charge in [0.15, 0.2) is 0 Å². The fourth-order valence-electron chi connectivity index (χ4n) is 3.89. The van der Waals surface area contributed by atoms with Crippen molar-refractivity contribution < 1.29 is 50.7 Å². The number of halogens is 2. The van der Waals surface area contributed by atoms with Crippen molar-refractivity contribution in [3.63, 3.8) is 0 Å². The molecule has 0 saturated carbocycles. The first kappa shape index (κ1) is 27.6. The molecule has 1 aliphatic rings. The molecule has 0 atom stereocenters. The maximum Gasteiger partial charge on any atom is 4.00 e. The summed E-state index contributed by atoms with van der Waals surface area (Å²) in [6.45, 7) is 4.39. The van der Waals surface area contributed by atoms with Gasteiger partial charge in [0.2, 0.25) is 0 Å². The Hall–Kier alpha value is -1.48. The van der Waals surface area contributed by atoms with Gasteiger partial charge in [-0.2, -0.15) is 6.08 Å². The molecule has 0 bridgehead atoms. The van der Waals surface area contributed by atoms with Gasteiger partial charge in [0.25, 0.3) is 0 Å². The number of aromatic nitrogens is 1. The Kier molecular flexibility index (Phi) is 11.7. The molecule has 1 aliphatic carbocycles. The number of fused-ring (bicyclic) bond motifs is 2. The van der Waals surface area contributed by atoms with Crippen molar-refractivity contribution in [2.45, 2.75) is 39.5 Å². The van der Waals surface area contributed by atoms with E-state index in [0.717, 1.165) is 6.42 Å². The molecule has 0 N–H and O–H groups in total. The number of aryl methyl sites for hydroxylation is 1. The van der Waals surface area contributed by atoms with Crippen LogP contribution in [0.25, 0.3) is 27.4 Å². The monoisotopic (exact) mass is 615 g/mol. The van der Waals surface area contributed by atoms with Crippen LogP contribution in [0.3, 0.4) is 0 Å². The van der Waals surface area contributed by atoms with Gasteiger partial charge in [0, 0.05) is 11.1 Å². The van der Waals surface area contributed by atoms with E-state index in [9.17, 15) is 0 Å². The van der Waals surface area contributed by atoms with Crippen LogP contribution in [0.15, 0.2) is 84.5 Å². The molecular formula is C27H27Cl2HfN. The van der Waals surface area contributed by atoms with Crippen molar-refractivity contribution in [1.82, 2.24) is 4.57 Å². The molecule has 4 aromatic rings. The van der Waals surface area contributed by atoms with Gasteiger partial charge in [0.05, 0.1) is 5.52 Å². The second-order valence-corrected chi connectivity index (χ2v) is 7.43. The number of hydrogen-bond acceptors (Lipinski definition) is 0. The summed E-state index contributed by atoms with van der Waals surface area (Å²) in [5, 5.41) is 3.90. The van der Waals surface area contributed by atoms with E-state index in [1.165, 1.54) is 57.9 Å².